The van der Waals surface area contributed by atoms with Crippen molar-refractivity contribution in [2.24, 2.45) is 11.5 Å². The molecule has 4 atom stereocenters. The molecular weight excluding hydrogens is 506 g/mol. The van der Waals surface area contributed by atoms with Gasteiger partial charge in [0.1, 0.15) is 23.9 Å². The van der Waals surface area contributed by atoms with Crippen LogP contribution in [0.2, 0.25) is 0 Å². The number of carboxylic acids is 2. The molecule has 4 unspecified atom stereocenters. The zero-order chi connectivity index (χ0) is 28.0. The monoisotopic (exact) mass is 541 g/mol. The number of phenolic OH excluding ortho intramolecular Hbond substituents is 1. The first-order chi connectivity index (χ1) is 17.5. The number of phenols is 1. The fourth-order valence-corrected chi connectivity index (χ4v) is 3.44. The predicted molar refractivity (Wildman–Crippen MR) is 137 cm³/mol. The van der Waals surface area contributed by atoms with Gasteiger partial charge in [0.2, 0.25) is 17.7 Å². The van der Waals surface area contributed by atoms with Gasteiger partial charge in [0.15, 0.2) is 0 Å². The summed E-state index contributed by atoms with van der Waals surface area (Å²) in [7, 11) is 0. The number of carbonyl (C=O) groups is 5. The summed E-state index contributed by atoms with van der Waals surface area (Å²) in [6.45, 7) is 0.350. The van der Waals surface area contributed by atoms with Crippen LogP contribution in [-0.2, 0) is 30.4 Å². The molecule has 0 heterocycles. The van der Waals surface area contributed by atoms with Gasteiger partial charge in [-0.15, -0.1) is 0 Å². The first kappa shape index (κ1) is 31.7. The summed E-state index contributed by atoms with van der Waals surface area (Å²) < 4.78 is 0. The molecule has 0 fully saturated rings. The number of aliphatic carboxylic acids is 2. The molecule has 10 N–H and O–H groups in total. The van der Waals surface area contributed by atoms with Gasteiger partial charge in [-0.1, -0.05) is 12.1 Å². The van der Waals surface area contributed by atoms with E-state index < -0.39 is 60.2 Å². The molecule has 0 bridgehead atoms. The molecule has 13 nitrogen and oxygen atoms in total. The largest absolute Gasteiger partial charge is 0.508 e. The Morgan fingerprint density at radius 1 is 0.838 bits per heavy atom. The SMILES string of the molecule is NCCCCC(NC(=O)C(CCC(=O)O)NC(=O)C(Cc1ccc(O)cc1)NC(=O)C(N)CS)C(=O)O. The number of carbonyl (C=O) groups excluding carboxylic acids is 3. The topological polar surface area (TPSA) is 234 Å². The summed E-state index contributed by atoms with van der Waals surface area (Å²) in [5.41, 5.74) is 11.7. The van der Waals surface area contributed by atoms with Crippen LogP contribution >= 0.6 is 12.6 Å². The van der Waals surface area contributed by atoms with Gasteiger partial charge in [-0.05, 0) is 49.9 Å². The third kappa shape index (κ3) is 11.9. The lowest BCUT2D eigenvalue weighted by Crippen LogP contribution is -2.57. The second-order valence-electron chi connectivity index (χ2n) is 8.40. The van der Waals surface area contributed by atoms with Gasteiger partial charge in [0.25, 0.3) is 0 Å². The summed E-state index contributed by atoms with van der Waals surface area (Å²) in [4.78, 5) is 61.1. The highest BCUT2D eigenvalue weighted by molar-refractivity contribution is 7.80. The number of hydrogen-bond donors (Lipinski definition) is 9. The summed E-state index contributed by atoms with van der Waals surface area (Å²) in [5.74, 6) is -4.87. The number of thiol groups is 1. The van der Waals surface area contributed by atoms with E-state index in [4.69, 9.17) is 16.6 Å². The average molecular weight is 542 g/mol. The first-order valence-corrected chi connectivity index (χ1v) is 12.3. The Labute approximate surface area is 219 Å². The summed E-state index contributed by atoms with van der Waals surface area (Å²) in [6.07, 6.45) is 0.235. The van der Waals surface area contributed by atoms with E-state index in [2.05, 4.69) is 28.6 Å². The summed E-state index contributed by atoms with van der Waals surface area (Å²) >= 11 is 3.97. The van der Waals surface area contributed by atoms with Gasteiger partial charge in [-0.25, -0.2) is 4.79 Å². The fourth-order valence-electron chi connectivity index (χ4n) is 3.27. The van der Waals surface area contributed by atoms with Crippen molar-refractivity contribution >= 4 is 42.3 Å². The normalized spacial score (nSPS) is 14.0. The van der Waals surface area contributed by atoms with Gasteiger partial charge < -0.3 is 42.7 Å². The molecule has 0 aliphatic heterocycles. The Morgan fingerprint density at radius 2 is 1.41 bits per heavy atom. The number of carboxylic acid groups (broad SMARTS) is 2. The molecule has 0 saturated heterocycles. The van der Waals surface area contributed by atoms with Crippen molar-refractivity contribution in [2.45, 2.75) is 62.7 Å². The Kier molecular flexibility index (Phi) is 14.0. The van der Waals surface area contributed by atoms with Gasteiger partial charge in [-0.2, -0.15) is 12.6 Å². The predicted octanol–water partition coefficient (Wildman–Crippen LogP) is -1.28. The van der Waals surface area contributed by atoms with Crippen LogP contribution in [-0.4, -0.2) is 81.4 Å². The molecule has 0 radical (unpaired) electrons. The van der Waals surface area contributed by atoms with Crippen molar-refractivity contribution in [3.05, 3.63) is 29.8 Å². The van der Waals surface area contributed by atoms with Crippen LogP contribution in [0.25, 0.3) is 0 Å². The lowest BCUT2D eigenvalue weighted by molar-refractivity contribution is -0.143. The molecule has 0 aliphatic carbocycles. The standard InChI is InChI=1S/C23H35N5O8S/c24-10-2-1-3-17(23(35)36)27-21(33)16(8-9-19(30)31)26-22(34)18(28-20(32)15(25)12-37)11-13-4-6-14(29)7-5-13/h4-7,15-18,29,37H,1-3,8-12,24-25H2,(H,26,34)(H,27,33)(H,28,32)(H,30,31)(H,35,36). The second-order valence-corrected chi connectivity index (χ2v) is 8.76. The van der Waals surface area contributed by atoms with E-state index in [0.29, 0.717) is 24.9 Å². The highest BCUT2D eigenvalue weighted by Gasteiger charge is 2.30. The number of hydrogen-bond acceptors (Lipinski definition) is 9. The third-order valence-corrected chi connectivity index (χ3v) is 5.78. The molecule has 206 valence electrons. The van der Waals surface area contributed by atoms with E-state index in [9.17, 15) is 34.2 Å². The van der Waals surface area contributed by atoms with Crippen molar-refractivity contribution in [3.8, 4) is 5.75 Å². The van der Waals surface area contributed by atoms with Crippen LogP contribution in [0.1, 0.15) is 37.7 Å². The highest BCUT2D eigenvalue weighted by Crippen LogP contribution is 2.12. The van der Waals surface area contributed by atoms with E-state index in [1.807, 2.05) is 0 Å². The van der Waals surface area contributed by atoms with Crippen molar-refractivity contribution in [3.63, 3.8) is 0 Å². The van der Waals surface area contributed by atoms with Crippen molar-refractivity contribution in [1.82, 2.24) is 16.0 Å². The fraction of sp³-hybridized carbons (Fsp3) is 0.522. The number of benzene rings is 1. The maximum absolute atomic E-state index is 13.2. The maximum Gasteiger partial charge on any atom is 0.326 e. The average Bonchev–Trinajstić information content (AvgIpc) is 2.85. The lowest BCUT2D eigenvalue weighted by atomic mass is 10.0. The Bertz CT molecular complexity index is 930. The zero-order valence-corrected chi connectivity index (χ0v) is 21.2. The molecule has 1 aromatic carbocycles. The number of nitrogens with one attached hydrogen (secondary N) is 3. The first-order valence-electron chi connectivity index (χ1n) is 11.7. The molecule has 3 amide bonds. The maximum atomic E-state index is 13.2. The molecule has 0 spiro atoms. The molecule has 0 aromatic heterocycles. The van der Waals surface area contributed by atoms with Gasteiger partial charge in [0.05, 0.1) is 6.04 Å². The summed E-state index contributed by atoms with van der Waals surface area (Å²) in [6, 6.07) is 0.970. The Hall–Kier alpha value is -3.36. The van der Waals surface area contributed by atoms with E-state index in [0.717, 1.165) is 0 Å². The molecule has 0 saturated carbocycles. The molecule has 14 heteroatoms. The third-order valence-electron chi connectivity index (χ3n) is 5.38. The van der Waals surface area contributed by atoms with E-state index >= 15 is 0 Å². The summed E-state index contributed by atoms with van der Waals surface area (Å²) in [5, 5.41) is 35.3. The minimum Gasteiger partial charge on any atom is -0.508 e. The van der Waals surface area contributed by atoms with E-state index in [1.165, 1.54) is 24.3 Å². The van der Waals surface area contributed by atoms with Crippen LogP contribution in [0.5, 0.6) is 5.75 Å². The minimum atomic E-state index is -1.39. The smallest absolute Gasteiger partial charge is 0.326 e. The number of unbranched alkanes of at least 4 members (excludes halogenated alkanes) is 1. The Balaban J connectivity index is 3.10. The van der Waals surface area contributed by atoms with Crippen LogP contribution in [0.3, 0.4) is 0 Å². The van der Waals surface area contributed by atoms with Gasteiger partial charge >= 0.3 is 11.9 Å². The second kappa shape index (κ2) is 16.4. The number of aromatic hydroxyl groups is 1. The van der Waals surface area contributed by atoms with E-state index in [1.54, 1.807) is 0 Å². The lowest BCUT2D eigenvalue weighted by Gasteiger charge is -2.25. The quantitative estimate of drug-likeness (QED) is 0.0837. The Morgan fingerprint density at radius 3 is 1.95 bits per heavy atom. The zero-order valence-electron chi connectivity index (χ0n) is 20.3. The van der Waals surface area contributed by atoms with Crippen LogP contribution < -0.4 is 27.4 Å². The van der Waals surface area contributed by atoms with Gasteiger partial charge in [0, 0.05) is 18.6 Å². The molecular formula is C23H35N5O8S. The van der Waals surface area contributed by atoms with Crippen molar-refractivity contribution < 1.29 is 39.3 Å². The highest BCUT2D eigenvalue weighted by atomic mass is 32.1. The molecule has 0 aliphatic rings. The van der Waals surface area contributed by atoms with Crippen LogP contribution in [0, 0.1) is 0 Å². The number of nitrogens with two attached hydrogens (primary N) is 2. The number of rotatable bonds is 17. The van der Waals surface area contributed by atoms with Crippen LogP contribution in [0.4, 0.5) is 0 Å². The number of amides is 3. The minimum absolute atomic E-state index is 0.00373. The molecule has 1 aromatic rings. The van der Waals surface area contributed by atoms with Crippen molar-refractivity contribution in [1.29, 1.82) is 0 Å². The molecule has 37 heavy (non-hydrogen) atoms. The molecule has 1 rings (SSSR count). The van der Waals surface area contributed by atoms with E-state index in [-0.39, 0.29) is 30.8 Å². The van der Waals surface area contributed by atoms with Crippen LogP contribution in [0.15, 0.2) is 24.3 Å². The van der Waals surface area contributed by atoms with Gasteiger partial charge in [-0.3, -0.25) is 19.2 Å². The van der Waals surface area contributed by atoms with Crippen molar-refractivity contribution in [2.75, 3.05) is 12.3 Å².